The smallest absolute Gasteiger partial charge is 0.274 e. The number of amides is 1. The first-order valence-corrected chi connectivity index (χ1v) is 9.08. The third kappa shape index (κ3) is 3.89. The van der Waals surface area contributed by atoms with Gasteiger partial charge in [-0.25, -0.2) is 9.07 Å². The average Bonchev–Trinajstić information content (AvgIpc) is 3.19. The number of nitrogens with one attached hydrogen (secondary N) is 1. The molecule has 0 atom stereocenters. The molecule has 2 aromatic carbocycles. The lowest BCUT2D eigenvalue weighted by Gasteiger charge is -2.09. The Morgan fingerprint density at radius 2 is 1.97 bits per heavy atom. The minimum atomic E-state index is -0.439. The molecule has 7 heteroatoms. The molecule has 4 rings (SSSR count). The second-order valence-corrected chi connectivity index (χ2v) is 6.55. The van der Waals surface area contributed by atoms with Crippen LogP contribution in [0.1, 0.15) is 21.6 Å². The monoisotopic (exact) mass is 387 g/mol. The Morgan fingerprint density at radius 1 is 1.10 bits per heavy atom. The molecule has 0 saturated carbocycles. The van der Waals surface area contributed by atoms with Crippen LogP contribution in [0.25, 0.3) is 16.9 Å². The molecule has 1 amide bonds. The molecule has 4 aromatic rings. The summed E-state index contributed by atoms with van der Waals surface area (Å²) in [5, 5.41) is 11.0. The molecule has 29 heavy (non-hydrogen) atoms. The van der Waals surface area contributed by atoms with E-state index in [1.165, 1.54) is 6.07 Å². The fraction of sp³-hybridized carbons (Fsp3) is 0.0909. The van der Waals surface area contributed by atoms with Gasteiger partial charge in [0.25, 0.3) is 5.91 Å². The van der Waals surface area contributed by atoms with E-state index in [1.807, 2.05) is 37.3 Å². The minimum Gasteiger partial charge on any atom is -0.346 e. The van der Waals surface area contributed by atoms with Crippen molar-refractivity contribution in [2.24, 2.45) is 0 Å². The summed E-state index contributed by atoms with van der Waals surface area (Å²) in [5.41, 5.74) is 3.61. The van der Waals surface area contributed by atoms with E-state index in [-0.39, 0.29) is 18.1 Å². The van der Waals surface area contributed by atoms with Crippen molar-refractivity contribution in [3.05, 3.63) is 95.7 Å². The lowest BCUT2D eigenvalue weighted by Crippen LogP contribution is -2.24. The fourth-order valence-electron chi connectivity index (χ4n) is 3.04. The number of benzene rings is 2. The Kier molecular flexibility index (Phi) is 5.11. The molecule has 0 fully saturated rings. The van der Waals surface area contributed by atoms with E-state index in [9.17, 15) is 9.18 Å². The molecular formula is C22H18FN5O. The van der Waals surface area contributed by atoms with E-state index in [0.29, 0.717) is 16.8 Å². The Hall–Kier alpha value is -3.87. The highest BCUT2D eigenvalue weighted by Crippen LogP contribution is 2.25. The first kappa shape index (κ1) is 18.5. The van der Waals surface area contributed by atoms with E-state index in [2.05, 4.69) is 20.6 Å². The van der Waals surface area contributed by atoms with Crippen molar-refractivity contribution in [1.82, 2.24) is 25.3 Å². The van der Waals surface area contributed by atoms with Gasteiger partial charge < -0.3 is 5.32 Å². The van der Waals surface area contributed by atoms with Crippen LogP contribution in [0, 0.1) is 12.7 Å². The maximum Gasteiger partial charge on any atom is 0.274 e. The van der Waals surface area contributed by atoms with Gasteiger partial charge in [-0.05, 0) is 42.8 Å². The molecule has 0 aliphatic heterocycles. The van der Waals surface area contributed by atoms with Crippen LogP contribution in [0.4, 0.5) is 4.39 Å². The highest BCUT2D eigenvalue weighted by Gasteiger charge is 2.22. The molecule has 1 N–H and O–H groups in total. The third-order valence-electron chi connectivity index (χ3n) is 4.46. The number of halogens is 1. The maximum absolute atomic E-state index is 13.9. The molecule has 0 saturated heterocycles. The van der Waals surface area contributed by atoms with Crippen LogP contribution < -0.4 is 5.32 Å². The number of nitrogens with zero attached hydrogens (tertiary/aromatic N) is 4. The lowest BCUT2D eigenvalue weighted by atomic mass is 10.1. The van der Waals surface area contributed by atoms with Gasteiger partial charge >= 0.3 is 0 Å². The summed E-state index contributed by atoms with van der Waals surface area (Å²) in [5.74, 6) is -0.810. The van der Waals surface area contributed by atoms with Gasteiger partial charge in [-0.15, -0.1) is 5.10 Å². The second kappa shape index (κ2) is 8.02. The van der Waals surface area contributed by atoms with Crippen molar-refractivity contribution in [2.45, 2.75) is 13.5 Å². The van der Waals surface area contributed by atoms with Crippen LogP contribution in [-0.2, 0) is 6.54 Å². The molecule has 0 aliphatic rings. The van der Waals surface area contributed by atoms with Crippen LogP contribution in [-0.4, -0.2) is 25.9 Å². The fourth-order valence-corrected chi connectivity index (χ4v) is 3.04. The Labute approximate surface area is 167 Å². The van der Waals surface area contributed by atoms with E-state index in [4.69, 9.17) is 0 Å². The molecule has 2 heterocycles. The summed E-state index contributed by atoms with van der Waals surface area (Å²) < 4.78 is 15.5. The standard InChI is InChI=1S/C22H18FN5O/c1-15-6-4-9-18(12-15)28-21(17-8-5-11-24-13-17)20(26-27-28)22(29)25-14-16-7-2-3-10-19(16)23/h2-13H,14H2,1H3,(H,25,29). The summed E-state index contributed by atoms with van der Waals surface area (Å²) in [6.45, 7) is 2.03. The number of carbonyl (C=O) groups is 1. The average molecular weight is 387 g/mol. The number of aromatic nitrogens is 4. The van der Waals surface area contributed by atoms with Crippen LogP contribution >= 0.6 is 0 Å². The molecule has 2 aromatic heterocycles. The van der Waals surface area contributed by atoms with Gasteiger partial charge in [-0.1, -0.05) is 35.5 Å². The number of hydrogen-bond donors (Lipinski definition) is 1. The number of rotatable bonds is 5. The number of hydrogen-bond acceptors (Lipinski definition) is 4. The van der Waals surface area contributed by atoms with Crippen LogP contribution in [0.15, 0.2) is 73.1 Å². The van der Waals surface area contributed by atoms with Crippen LogP contribution in [0.3, 0.4) is 0 Å². The Balaban J connectivity index is 1.72. The normalized spacial score (nSPS) is 10.7. The van der Waals surface area contributed by atoms with Crippen molar-refractivity contribution in [3.8, 4) is 16.9 Å². The number of aryl methyl sites for hydroxylation is 1. The van der Waals surface area contributed by atoms with E-state index in [1.54, 1.807) is 41.3 Å². The molecule has 0 spiro atoms. The van der Waals surface area contributed by atoms with E-state index >= 15 is 0 Å². The minimum absolute atomic E-state index is 0.0509. The molecule has 0 unspecified atom stereocenters. The Morgan fingerprint density at radius 3 is 2.72 bits per heavy atom. The van der Waals surface area contributed by atoms with Gasteiger partial charge in [-0.2, -0.15) is 0 Å². The molecule has 6 nitrogen and oxygen atoms in total. The largest absolute Gasteiger partial charge is 0.346 e. The first-order chi connectivity index (χ1) is 14.1. The zero-order valence-corrected chi connectivity index (χ0v) is 15.7. The summed E-state index contributed by atoms with van der Waals surface area (Å²) in [4.78, 5) is 17.0. The van der Waals surface area contributed by atoms with Crippen LogP contribution in [0.2, 0.25) is 0 Å². The highest BCUT2D eigenvalue weighted by molar-refractivity contribution is 5.98. The van der Waals surface area contributed by atoms with Gasteiger partial charge in [0, 0.05) is 30.1 Å². The van der Waals surface area contributed by atoms with E-state index in [0.717, 1.165) is 11.3 Å². The predicted molar refractivity (Wildman–Crippen MR) is 107 cm³/mol. The summed E-state index contributed by atoms with van der Waals surface area (Å²) in [7, 11) is 0. The van der Waals surface area contributed by atoms with Crippen molar-refractivity contribution in [2.75, 3.05) is 0 Å². The van der Waals surface area contributed by atoms with Gasteiger partial charge in [0.15, 0.2) is 5.69 Å². The topological polar surface area (TPSA) is 72.7 Å². The summed E-state index contributed by atoms with van der Waals surface area (Å²) in [6, 6.07) is 17.7. The number of pyridine rings is 1. The Bertz CT molecular complexity index is 1160. The van der Waals surface area contributed by atoms with Crippen molar-refractivity contribution < 1.29 is 9.18 Å². The van der Waals surface area contributed by atoms with Gasteiger partial charge in [0.2, 0.25) is 0 Å². The number of carbonyl (C=O) groups excluding carboxylic acids is 1. The molecule has 0 aliphatic carbocycles. The quantitative estimate of drug-likeness (QED) is 0.567. The molecular weight excluding hydrogens is 369 g/mol. The predicted octanol–water partition coefficient (Wildman–Crippen LogP) is 3.71. The van der Waals surface area contributed by atoms with Crippen molar-refractivity contribution in [3.63, 3.8) is 0 Å². The van der Waals surface area contributed by atoms with Gasteiger partial charge in [-0.3, -0.25) is 9.78 Å². The highest BCUT2D eigenvalue weighted by atomic mass is 19.1. The second-order valence-electron chi connectivity index (χ2n) is 6.55. The summed E-state index contributed by atoms with van der Waals surface area (Å²) in [6.07, 6.45) is 3.31. The van der Waals surface area contributed by atoms with Crippen molar-refractivity contribution >= 4 is 5.91 Å². The zero-order valence-electron chi connectivity index (χ0n) is 15.7. The third-order valence-corrected chi connectivity index (χ3v) is 4.46. The molecule has 0 radical (unpaired) electrons. The summed E-state index contributed by atoms with van der Waals surface area (Å²) >= 11 is 0. The van der Waals surface area contributed by atoms with Crippen molar-refractivity contribution in [1.29, 1.82) is 0 Å². The maximum atomic E-state index is 13.9. The van der Waals surface area contributed by atoms with Gasteiger partial charge in [0.05, 0.1) is 5.69 Å². The first-order valence-electron chi connectivity index (χ1n) is 9.08. The van der Waals surface area contributed by atoms with Crippen LogP contribution in [0.5, 0.6) is 0 Å². The molecule has 144 valence electrons. The van der Waals surface area contributed by atoms with E-state index < -0.39 is 5.91 Å². The zero-order chi connectivity index (χ0) is 20.2. The van der Waals surface area contributed by atoms with Gasteiger partial charge in [0.1, 0.15) is 11.5 Å². The SMILES string of the molecule is Cc1cccc(-n2nnc(C(=O)NCc3ccccc3F)c2-c2cccnc2)c1. The molecule has 0 bridgehead atoms. The lowest BCUT2D eigenvalue weighted by molar-refractivity contribution is 0.0946.